The summed E-state index contributed by atoms with van der Waals surface area (Å²) < 4.78 is 0. The fraction of sp³-hybridized carbons (Fsp3) is 0.267. The van der Waals surface area contributed by atoms with E-state index in [0.717, 1.165) is 13.1 Å². The molecule has 0 aliphatic heterocycles. The van der Waals surface area contributed by atoms with Crippen molar-refractivity contribution >= 4 is 17.3 Å². The predicted octanol–water partition coefficient (Wildman–Crippen LogP) is 4.07. The Morgan fingerprint density at radius 3 is 2.67 bits per heavy atom. The molecule has 1 aromatic heterocycles. The first kappa shape index (κ1) is 12.9. The maximum Gasteiger partial charge on any atom is 0.129 e. The van der Waals surface area contributed by atoms with Crippen LogP contribution in [0.5, 0.6) is 0 Å². The Morgan fingerprint density at radius 1 is 1.22 bits per heavy atom. The number of anilines is 1. The number of aryl methyl sites for hydroxylation is 1. The van der Waals surface area contributed by atoms with Crippen LogP contribution in [0.2, 0.25) is 5.15 Å². The molecule has 2 rings (SSSR count). The zero-order chi connectivity index (χ0) is 13.0. The maximum atomic E-state index is 5.92. The van der Waals surface area contributed by atoms with Gasteiger partial charge in [0.2, 0.25) is 0 Å². The zero-order valence-electron chi connectivity index (χ0n) is 10.7. The van der Waals surface area contributed by atoms with Crippen LogP contribution in [0, 0.1) is 6.92 Å². The van der Waals surface area contributed by atoms with Crippen LogP contribution in [0.1, 0.15) is 18.1 Å². The Balaban J connectivity index is 2.23. The van der Waals surface area contributed by atoms with E-state index >= 15 is 0 Å². The number of aromatic nitrogens is 1. The highest BCUT2D eigenvalue weighted by atomic mass is 35.5. The molecule has 1 aromatic carbocycles. The molecule has 0 atom stereocenters. The third-order valence-corrected chi connectivity index (χ3v) is 3.21. The number of rotatable bonds is 4. The van der Waals surface area contributed by atoms with Gasteiger partial charge in [-0.2, -0.15) is 0 Å². The van der Waals surface area contributed by atoms with E-state index in [4.69, 9.17) is 11.6 Å². The standard InChI is InChI=1S/C15H17ClN2/c1-3-18(14-7-5-4-6-12(14)2)11-13-8-9-17-15(16)10-13/h4-10H,3,11H2,1-2H3. The van der Waals surface area contributed by atoms with Gasteiger partial charge in [-0.15, -0.1) is 0 Å². The van der Waals surface area contributed by atoms with E-state index in [2.05, 4.69) is 48.0 Å². The topological polar surface area (TPSA) is 16.1 Å². The largest absolute Gasteiger partial charge is 0.367 e. The Labute approximate surface area is 113 Å². The molecule has 0 radical (unpaired) electrons. The molecule has 0 bridgehead atoms. The van der Waals surface area contributed by atoms with Crippen LogP contribution in [-0.4, -0.2) is 11.5 Å². The Hall–Kier alpha value is -1.54. The van der Waals surface area contributed by atoms with Gasteiger partial charge < -0.3 is 4.90 Å². The second-order valence-electron chi connectivity index (χ2n) is 4.29. The monoisotopic (exact) mass is 260 g/mol. The molecule has 0 aliphatic carbocycles. The number of pyridine rings is 1. The summed E-state index contributed by atoms with van der Waals surface area (Å²) in [5.41, 5.74) is 3.74. The minimum atomic E-state index is 0.549. The maximum absolute atomic E-state index is 5.92. The molecule has 0 aliphatic rings. The first-order valence-corrected chi connectivity index (χ1v) is 6.49. The number of halogens is 1. The molecule has 1 heterocycles. The van der Waals surface area contributed by atoms with Gasteiger partial charge in [0.25, 0.3) is 0 Å². The molecule has 0 unspecified atom stereocenters. The lowest BCUT2D eigenvalue weighted by Gasteiger charge is -2.25. The SMILES string of the molecule is CCN(Cc1ccnc(Cl)c1)c1ccccc1C. The van der Waals surface area contributed by atoms with E-state index in [1.165, 1.54) is 16.8 Å². The summed E-state index contributed by atoms with van der Waals surface area (Å²) in [6.07, 6.45) is 1.75. The molecular weight excluding hydrogens is 244 g/mol. The summed E-state index contributed by atoms with van der Waals surface area (Å²) in [7, 11) is 0. The van der Waals surface area contributed by atoms with E-state index in [0.29, 0.717) is 5.15 Å². The second kappa shape index (κ2) is 5.87. The van der Waals surface area contributed by atoms with Crippen molar-refractivity contribution in [1.82, 2.24) is 4.98 Å². The minimum absolute atomic E-state index is 0.549. The van der Waals surface area contributed by atoms with Crippen molar-refractivity contribution in [2.75, 3.05) is 11.4 Å². The van der Waals surface area contributed by atoms with Gasteiger partial charge in [0.15, 0.2) is 0 Å². The number of para-hydroxylation sites is 1. The predicted molar refractivity (Wildman–Crippen MR) is 77.2 cm³/mol. The van der Waals surface area contributed by atoms with Crippen molar-refractivity contribution in [3.63, 3.8) is 0 Å². The van der Waals surface area contributed by atoms with Gasteiger partial charge in [-0.1, -0.05) is 29.8 Å². The molecule has 2 nitrogen and oxygen atoms in total. The van der Waals surface area contributed by atoms with E-state index in [1.807, 2.05) is 12.1 Å². The van der Waals surface area contributed by atoms with E-state index in [1.54, 1.807) is 6.20 Å². The zero-order valence-corrected chi connectivity index (χ0v) is 11.5. The van der Waals surface area contributed by atoms with Crippen LogP contribution in [0.3, 0.4) is 0 Å². The summed E-state index contributed by atoms with van der Waals surface area (Å²) in [6.45, 7) is 6.11. The fourth-order valence-corrected chi connectivity index (χ4v) is 2.24. The van der Waals surface area contributed by atoms with Gasteiger partial charge in [-0.3, -0.25) is 0 Å². The lowest BCUT2D eigenvalue weighted by Crippen LogP contribution is -2.22. The highest BCUT2D eigenvalue weighted by Gasteiger charge is 2.07. The fourth-order valence-electron chi connectivity index (χ4n) is 2.05. The highest BCUT2D eigenvalue weighted by molar-refractivity contribution is 6.29. The molecule has 0 spiro atoms. The summed E-state index contributed by atoms with van der Waals surface area (Å²) in [4.78, 5) is 6.34. The molecule has 0 fully saturated rings. The number of hydrogen-bond donors (Lipinski definition) is 0. The van der Waals surface area contributed by atoms with Crippen LogP contribution < -0.4 is 4.90 Å². The number of benzene rings is 1. The normalized spacial score (nSPS) is 10.4. The van der Waals surface area contributed by atoms with Gasteiger partial charge in [0.1, 0.15) is 5.15 Å². The summed E-state index contributed by atoms with van der Waals surface area (Å²) in [5.74, 6) is 0. The van der Waals surface area contributed by atoms with Crippen LogP contribution in [-0.2, 0) is 6.54 Å². The Kier molecular flexibility index (Phi) is 4.21. The molecule has 0 amide bonds. The smallest absolute Gasteiger partial charge is 0.129 e. The molecule has 18 heavy (non-hydrogen) atoms. The molecule has 0 saturated carbocycles. The van der Waals surface area contributed by atoms with Crippen molar-refractivity contribution in [2.24, 2.45) is 0 Å². The van der Waals surface area contributed by atoms with Crippen molar-refractivity contribution in [1.29, 1.82) is 0 Å². The van der Waals surface area contributed by atoms with Gasteiger partial charge in [-0.25, -0.2) is 4.98 Å². The van der Waals surface area contributed by atoms with Crippen LogP contribution in [0.4, 0.5) is 5.69 Å². The third kappa shape index (κ3) is 3.02. The van der Waals surface area contributed by atoms with Crippen LogP contribution in [0.15, 0.2) is 42.6 Å². The molecule has 94 valence electrons. The summed E-state index contributed by atoms with van der Waals surface area (Å²) in [5, 5.41) is 0.549. The van der Waals surface area contributed by atoms with E-state index < -0.39 is 0 Å². The molecule has 2 aromatic rings. The van der Waals surface area contributed by atoms with Crippen molar-refractivity contribution in [3.05, 3.63) is 58.9 Å². The lowest BCUT2D eigenvalue weighted by atomic mass is 10.1. The van der Waals surface area contributed by atoms with E-state index in [9.17, 15) is 0 Å². The van der Waals surface area contributed by atoms with E-state index in [-0.39, 0.29) is 0 Å². The van der Waals surface area contributed by atoms with Crippen molar-refractivity contribution in [2.45, 2.75) is 20.4 Å². The summed E-state index contributed by atoms with van der Waals surface area (Å²) in [6, 6.07) is 12.4. The molecular formula is C15H17ClN2. The minimum Gasteiger partial charge on any atom is -0.367 e. The Bertz CT molecular complexity index is 525. The Morgan fingerprint density at radius 2 is 2.00 bits per heavy atom. The first-order chi connectivity index (χ1) is 8.70. The average molecular weight is 261 g/mol. The second-order valence-corrected chi connectivity index (χ2v) is 4.67. The van der Waals surface area contributed by atoms with Crippen LogP contribution in [0.25, 0.3) is 0 Å². The highest BCUT2D eigenvalue weighted by Crippen LogP contribution is 2.21. The average Bonchev–Trinajstić information content (AvgIpc) is 2.37. The van der Waals surface area contributed by atoms with Crippen LogP contribution >= 0.6 is 11.6 Å². The quantitative estimate of drug-likeness (QED) is 0.771. The number of hydrogen-bond acceptors (Lipinski definition) is 2. The first-order valence-electron chi connectivity index (χ1n) is 6.11. The molecule has 3 heteroatoms. The van der Waals surface area contributed by atoms with Gasteiger partial charge in [0, 0.05) is 25.0 Å². The molecule has 0 saturated heterocycles. The molecule has 0 N–H and O–H groups in total. The van der Waals surface area contributed by atoms with Gasteiger partial charge in [0.05, 0.1) is 0 Å². The van der Waals surface area contributed by atoms with Gasteiger partial charge in [-0.05, 0) is 43.2 Å². The van der Waals surface area contributed by atoms with Crippen molar-refractivity contribution < 1.29 is 0 Å². The number of nitrogens with zero attached hydrogens (tertiary/aromatic N) is 2. The summed E-state index contributed by atoms with van der Waals surface area (Å²) >= 11 is 5.92. The van der Waals surface area contributed by atoms with Gasteiger partial charge >= 0.3 is 0 Å². The lowest BCUT2D eigenvalue weighted by molar-refractivity contribution is 0.826. The van der Waals surface area contributed by atoms with Crippen molar-refractivity contribution in [3.8, 4) is 0 Å². The third-order valence-electron chi connectivity index (χ3n) is 3.00.